The zero-order valence-corrected chi connectivity index (χ0v) is 10.1. The van der Waals surface area contributed by atoms with Gasteiger partial charge in [-0.1, -0.05) is 6.07 Å². The molecule has 0 amide bonds. The number of anilines is 1. The van der Waals surface area contributed by atoms with Crippen molar-refractivity contribution in [1.82, 2.24) is 0 Å². The van der Waals surface area contributed by atoms with Gasteiger partial charge in [0, 0.05) is 35.8 Å². The second kappa shape index (κ2) is 5.06. The van der Waals surface area contributed by atoms with Gasteiger partial charge in [-0.15, -0.1) is 0 Å². The fourth-order valence-electron chi connectivity index (χ4n) is 2.02. The van der Waals surface area contributed by atoms with Crippen LogP contribution in [0.3, 0.4) is 0 Å². The minimum Gasteiger partial charge on any atom is -0.389 e. The van der Waals surface area contributed by atoms with Crippen LogP contribution in [-0.2, 0) is 0 Å². The predicted molar refractivity (Wildman–Crippen MR) is 66.6 cm³/mol. The third kappa shape index (κ3) is 2.33. The van der Waals surface area contributed by atoms with Crippen molar-refractivity contribution >= 4 is 17.4 Å². The Labute approximate surface area is 99.5 Å². The molecular weight excluding hydrogens is 225 g/mol. The smallest absolute Gasteiger partial charge is 0.131 e. The first-order chi connectivity index (χ1) is 7.70. The van der Waals surface area contributed by atoms with Crippen LogP contribution in [0.4, 0.5) is 10.1 Å². The maximum Gasteiger partial charge on any atom is 0.131 e. The van der Waals surface area contributed by atoms with Gasteiger partial charge < -0.3 is 10.0 Å². The van der Waals surface area contributed by atoms with Gasteiger partial charge in [0.05, 0.1) is 6.10 Å². The highest BCUT2D eigenvalue weighted by atomic mass is 32.2. The van der Waals surface area contributed by atoms with Gasteiger partial charge in [0.15, 0.2) is 0 Å². The van der Waals surface area contributed by atoms with E-state index in [2.05, 4.69) is 4.90 Å². The summed E-state index contributed by atoms with van der Waals surface area (Å²) in [7, 11) is 0. The monoisotopic (exact) mass is 241 g/mol. The van der Waals surface area contributed by atoms with Crippen LogP contribution in [0.5, 0.6) is 0 Å². The minimum absolute atomic E-state index is 0.314. The van der Waals surface area contributed by atoms with Crippen molar-refractivity contribution < 1.29 is 9.50 Å². The van der Waals surface area contributed by atoms with E-state index in [1.165, 1.54) is 6.07 Å². The second-order valence-corrected chi connectivity index (χ2v) is 5.17. The number of nitrogens with zero attached hydrogens (tertiary/aromatic N) is 1. The normalized spacial score (nSPS) is 18.6. The molecule has 1 N–H and O–H groups in total. The summed E-state index contributed by atoms with van der Waals surface area (Å²) in [5.41, 5.74) is 1.27. The Morgan fingerprint density at radius 1 is 1.38 bits per heavy atom. The highest BCUT2D eigenvalue weighted by molar-refractivity contribution is 7.99. The van der Waals surface area contributed by atoms with Crippen molar-refractivity contribution in [2.24, 2.45) is 0 Å². The molecule has 2 nitrogen and oxygen atoms in total. The Morgan fingerprint density at radius 2 is 2.06 bits per heavy atom. The number of thioether (sulfide) groups is 1. The molecule has 88 valence electrons. The van der Waals surface area contributed by atoms with E-state index in [4.69, 9.17) is 0 Å². The van der Waals surface area contributed by atoms with E-state index in [1.54, 1.807) is 13.0 Å². The molecule has 1 aromatic carbocycles. The molecule has 0 bridgehead atoms. The van der Waals surface area contributed by atoms with Crippen LogP contribution in [0.15, 0.2) is 18.2 Å². The molecule has 1 aromatic rings. The summed E-state index contributed by atoms with van der Waals surface area (Å²) in [6.07, 6.45) is -0.759. The molecule has 16 heavy (non-hydrogen) atoms. The van der Waals surface area contributed by atoms with Crippen molar-refractivity contribution in [3.05, 3.63) is 29.6 Å². The Balaban J connectivity index is 2.34. The molecule has 0 unspecified atom stereocenters. The second-order valence-electron chi connectivity index (χ2n) is 3.95. The summed E-state index contributed by atoms with van der Waals surface area (Å²) < 4.78 is 13.7. The summed E-state index contributed by atoms with van der Waals surface area (Å²) in [6, 6.07) is 5.00. The van der Waals surface area contributed by atoms with E-state index in [9.17, 15) is 9.50 Å². The number of benzene rings is 1. The molecule has 0 aromatic heterocycles. The van der Waals surface area contributed by atoms with Gasteiger partial charge in [0.2, 0.25) is 0 Å². The third-order valence-electron chi connectivity index (χ3n) is 2.80. The van der Waals surface area contributed by atoms with E-state index >= 15 is 0 Å². The average Bonchev–Trinajstić information content (AvgIpc) is 2.29. The summed E-state index contributed by atoms with van der Waals surface area (Å²) in [4.78, 5) is 2.15. The van der Waals surface area contributed by atoms with Gasteiger partial charge in [-0.05, 0) is 19.1 Å². The lowest BCUT2D eigenvalue weighted by atomic mass is 10.1. The number of aliphatic hydroxyl groups is 1. The molecule has 0 saturated carbocycles. The van der Waals surface area contributed by atoms with Crippen molar-refractivity contribution in [2.45, 2.75) is 13.0 Å². The third-order valence-corrected chi connectivity index (χ3v) is 3.74. The van der Waals surface area contributed by atoms with Crippen LogP contribution in [0.1, 0.15) is 18.6 Å². The van der Waals surface area contributed by atoms with Crippen molar-refractivity contribution in [1.29, 1.82) is 0 Å². The topological polar surface area (TPSA) is 23.5 Å². The van der Waals surface area contributed by atoms with Crippen LogP contribution in [0.25, 0.3) is 0 Å². The van der Waals surface area contributed by atoms with Gasteiger partial charge in [0.1, 0.15) is 5.82 Å². The van der Waals surface area contributed by atoms with E-state index < -0.39 is 6.10 Å². The molecule has 1 aliphatic heterocycles. The molecule has 0 spiro atoms. The fraction of sp³-hybridized carbons (Fsp3) is 0.500. The first-order valence-corrected chi connectivity index (χ1v) is 6.65. The van der Waals surface area contributed by atoms with Crippen LogP contribution in [0, 0.1) is 5.82 Å². The molecule has 2 rings (SSSR count). The standard InChI is InChI=1S/C12H16FNOS/c1-9(15)12-10(13)3-2-4-11(12)14-5-7-16-8-6-14/h2-4,9,15H,5-8H2,1H3/t9-/m1/s1. The quantitative estimate of drug-likeness (QED) is 0.860. The molecule has 1 saturated heterocycles. The lowest BCUT2D eigenvalue weighted by Crippen LogP contribution is -2.33. The number of hydrogen-bond donors (Lipinski definition) is 1. The molecular formula is C12H16FNOS. The van der Waals surface area contributed by atoms with Crippen molar-refractivity contribution in [3.63, 3.8) is 0 Å². The van der Waals surface area contributed by atoms with Gasteiger partial charge >= 0.3 is 0 Å². The maximum absolute atomic E-state index is 13.7. The Hall–Kier alpha value is -0.740. The lowest BCUT2D eigenvalue weighted by Gasteiger charge is -2.31. The zero-order valence-electron chi connectivity index (χ0n) is 9.32. The predicted octanol–water partition coefficient (Wildman–Crippen LogP) is 2.43. The minimum atomic E-state index is -0.759. The van der Waals surface area contributed by atoms with Gasteiger partial charge in [-0.2, -0.15) is 11.8 Å². The Kier molecular flexibility index (Phi) is 3.71. The first-order valence-electron chi connectivity index (χ1n) is 5.49. The molecule has 1 fully saturated rings. The van der Waals surface area contributed by atoms with E-state index in [-0.39, 0.29) is 5.82 Å². The van der Waals surface area contributed by atoms with Crippen LogP contribution in [0.2, 0.25) is 0 Å². The Bertz CT molecular complexity index is 364. The van der Waals surface area contributed by atoms with Crippen LogP contribution < -0.4 is 4.90 Å². The molecule has 0 aliphatic carbocycles. The fourth-order valence-corrected chi connectivity index (χ4v) is 2.92. The molecule has 1 heterocycles. The van der Waals surface area contributed by atoms with Gasteiger partial charge in [0.25, 0.3) is 0 Å². The molecule has 1 aliphatic rings. The van der Waals surface area contributed by atoms with Gasteiger partial charge in [-0.3, -0.25) is 0 Å². The molecule has 1 atom stereocenters. The number of rotatable bonds is 2. The van der Waals surface area contributed by atoms with Crippen molar-refractivity contribution in [2.75, 3.05) is 29.5 Å². The lowest BCUT2D eigenvalue weighted by molar-refractivity contribution is 0.194. The Morgan fingerprint density at radius 3 is 2.69 bits per heavy atom. The van der Waals surface area contributed by atoms with Gasteiger partial charge in [-0.25, -0.2) is 4.39 Å². The van der Waals surface area contributed by atoms with E-state index in [1.807, 2.05) is 17.8 Å². The zero-order chi connectivity index (χ0) is 11.5. The largest absolute Gasteiger partial charge is 0.389 e. The first kappa shape index (κ1) is 11.7. The summed E-state index contributed by atoms with van der Waals surface area (Å²) >= 11 is 1.91. The average molecular weight is 241 g/mol. The highest BCUT2D eigenvalue weighted by Crippen LogP contribution is 2.30. The van der Waals surface area contributed by atoms with E-state index in [0.29, 0.717) is 5.56 Å². The number of hydrogen-bond acceptors (Lipinski definition) is 3. The summed E-state index contributed by atoms with van der Waals surface area (Å²) in [5.74, 6) is 1.82. The van der Waals surface area contributed by atoms with E-state index in [0.717, 1.165) is 30.3 Å². The van der Waals surface area contributed by atoms with Crippen LogP contribution >= 0.6 is 11.8 Å². The number of halogens is 1. The van der Waals surface area contributed by atoms with Crippen LogP contribution in [-0.4, -0.2) is 29.7 Å². The summed E-state index contributed by atoms with van der Waals surface area (Å²) in [6.45, 7) is 3.46. The number of aliphatic hydroxyl groups excluding tert-OH is 1. The maximum atomic E-state index is 13.7. The highest BCUT2D eigenvalue weighted by Gasteiger charge is 2.19. The SMILES string of the molecule is C[C@@H](O)c1c(F)cccc1N1CCSCC1. The summed E-state index contributed by atoms with van der Waals surface area (Å²) in [5, 5.41) is 9.64. The molecule has 4 heteroatoms. The van der Waals surface area contributed by atoms with Crippen molar-refractivity contribution in [3.8, 4) is 0 Å². The molecule has 0 radical (unpaired) electrons.